The predicted molar refractivity (Wildman–Crippen MR) is 70.6 cm³/mol. The first-order chi connectivity index (χ1) is 9.19. The Labute approximate surface area is 116 Å². The van der Waals surface area contributed by atoms with Crippen molar-refractivity contribution in [3.05, 3.63) is 46.1 Å². The summed E-state index contributed by atoms with van der Waals surface area (Å²) in [5, 5.41) is 16.4. The summed E-state index contributed by atoms with van der Waals surface area (Å²) in [6, 6.07) is 7.33. The summed E-state index contributed by atoms with van der Waals surface area (Å²) in [6.45, 7) is 3.14. The van der Waals surface area contributed by atoms with Crippen LogP contribution in [0.1, 0.15) is 22.8 Å². The minimum absolute atomic E-state index is 0.566. The van der Waals surface area contributed by atoms with Crippen LogP contribution in [0.2, 0.25) is 5.02 Å². The molecule has 0 amide bonds. The molecular formula is C13H13ClN4O. The summed E-state index contributed by atoms with van der Waals surface area (Å²) in [5.41, 5.74) is 1.53. The minimum Gasteiger partial charge on any atom is -0.340 e. The molecule has 0 aliphatic carbocycles. The van der Waals surface area contributed by atoms with E-state index in [-0.39, 0.29) is 0 Å². The molecule has 0 aliphatic heterocycles. The molecule has 0 spiro atoms. The summed E-state index contributed by atoms with van der Waals surface area (Å²) in [4.78, 5) is 4.12. The Balaban J connectivity index is 1.81. The van der Waals surface area contributed by atoms with E-state index < -0.39 is 0 Å². The van der Waals surface area contributed by atoms with Crippen molar-refractivity contribution >= 4 is 11.6 Å². The summed E-state index contributed by atoms with van der Waals surface area (Å²) < 4.78 is 4.88. The van der Waals surface area contributed by atoms with Gasteiger partial charge in [0.25, 0.3) is 0 Å². The molecular weight excluding hydrogens is 264 g/mol. The lowest BCUT2D eigenvalue weighted by Gasteiger charge is -2.05. The first kappa shape index (κ1) is 13.5. The van der Waals surface area contributed by atoms with E-state index in [0.717, 1.165) is 12.1 Å². The molecule has 0 aliphatic rings. The highest BCUT2D eigenvalue weighted by molar-refractivity contribution is 6.31. The van der Waals surface area contributed by atoms with Gasteiger partial charge in [0.05, 0.1) is 11.6 Å². The molecule has 0 atom stereocenters. The van der Waals surface area contributed by atoms with Gasteiger partial charge in [-0.3, -0.25) is 0 Å². The Kier molecular flexibility index (Phi) is 4.50. The maximum absolute atomic E-state index is 8.75. The molecule has 19 heavy (non-hydrogen) atoms. The maximum Gasteiger partial charge on any atom is 0.223 e. The van der Waals surface area contributed by atoms with E-state index >= 15 is 0 Å². The van der Waals surface area contributed by atoms with Gasteiger partial charge in [0.1, 0.15) is 0 Å². The molecule has 0 saturated heterocycles. The van der Waals surface area contributed by atoms with Crippen LogP contribution in [0.3, 0.4) is 0 Å². The number of nitrogens with one attached hydrogen (secondary N) is 1. The lowest BCUT2D eigenvalue weighted by Crippen LogP contribution is -2.17. The van der Waals surface area contributed by atoms with Gasteiger partial charge in [-0.05, 0) is 17.7 Å². The lowest BCUT2D eigenvalue weighted by atomic mass is 10.1. The van der Waals surface area contributed by atoms with Crippen LogP contribution >= 0.6 is 11.6 Å². The summed E-state index contributed by atoms with van der Waals surface area (Å²) in [6.07, 6.45) is 0.700. The van der Waals surface area contributed by atoms with Gasteiger partial charge in [-0.1, -0.05) is 22.8 Å². The first-order valence-corrected chi connectivity index (χ1v) is 6.25. The fraction of sp³-hybridized carbons (Fsp3) is 0.308. The summed E-state index contributed by atoms with van der Waals surface area (Å²) in [7, 11) is 0. The molecule has 0 unspecified atom stereocenters. The van der Waals surface area contributed by atoms with Gasteiger partial charge < -0.3 is 9.84 Å². The number of hydrogen-bond acceptors (Lipinski definition) is 5. The van der Waals surface area contributed by atoms with Crippen LogP contribution in [0, 0.1) is 18.3 Å². The van der Waals surface area contributed by atoms with Gasteiger partial charge in [0, 0.05) is 31.5 Å². The fourth-order valence-corrected chi connectivity index (χ4v) is 1.87. The number of benzene rings is 1. The Morgan fingerprint density at radius 1 is 1.47 bits per heavy atom. The molecule has 0 saturated carbocycles. The maximum atomic E-state index is 8.75. The number of rotatable bonds is 5. The summed E-state index contributed by atoms with van der Waals surface area (Å²) >= 11 is 6.08. The zero-order chi connectivity index (χ0) is 13.7. The van der Waals surface area contributed by atoms with E-state index in [1.165, 1.54) is 0 Å². The van der Waals surface area contributed by atoms with E-state index in [9.17, 15) is 0 Å². The van der Waals surface area contributed by atoms with Crippen molar-refractivity contribution in [3.63, 3.8) is 0 Å². The van der Waals surface area contributed by atoms with E-state index in [1.807, 2.05) is 6.07 Å². The molecule has 0 fully saturated rings. The van der Waals surface area contributed by atoms with Crippen LogP contribution in [-0.2, 0) is 13.0 Å². The smallest absolute Gasteiger partial charge is 0.223 e. The molecule has 2 aromatic rings. The minimum atomic E-state index is 0.566. The van der Waals surface area contributed by atoms with E-state index in [0.29, 0.717) is 35.3 Å². The number of hydrogen-bond donors (Lipinski definition) is 1. The predicted octanol–water partition coefficient (Wildman–Crippen LogP) is 2.24. The number of aromatic nitrogens is 2. The van der Waals surface area contributed by atoms with Gasteiger partial charge in [-0.2, -0.15) is 10.2 Å². The van der Waals surface area contributed by atoms with Gasteiger partial charge in [0.15, 0.2) is 5.82 Å². The second-order valence-corrected chi connectivity index (χ2v) is 4.48. The van der Waals surface area contributed by atoms with Crippen molar-refractivity contribution in [2.75, 3.05) is 6.54 Å². The van der Waals surface area contributed by atoms with E-state index in [2.05, 4.69) is 21.5 Å². The number of aryl methyl sites for hydroxylation is 1. The standard InChI is InChI=1S/C13H13ClN4O/c1-9-17-13(18-19-9)4-5-16-8-11-3-2-10(7-15)6-12(11)14/h2-3,6,16H,4-5,8H2,1H3. The molecule has 0 radical (unpaired) electrons. The molecule has 2 rings (SSSR count). The van der Waals surface area contributed by atoms with Crippen LogP contribution in [0.25, 0.3) is 0 Å². The van der Waals surface area contributed by atoms with Crippen LogP contribution < -0.4 is 5.32 Å². The Hall–Kier alpha value is -1.90. The molecule has 1 aromatic carbocycles. The van der Waals surface area contributed by atoms with Gasteiger partial charge in [-0.15, -0.1) is 0 Å². The summed E-state index contributed by atoms with van der Waals surface area (Å²) in [5.74, 6) is 1.26. The lowest BCUT2D eigenvalue weighted by molar-refractivity contribution is 0.387. The topological polar surface area (TPSA) is 74.7 Å². The van der Waals surface area contributed by atoms with Crippen molar-refractivity contribution in [1.82, 2.24) is 15.5 Å². The molecule has 1 aromatic heterocycles. The normalized spacial score (nSPS) is 10.4. The Morgan fingerprint density at radius 3 is 2.95 bits per heavy atom. The molecule has 1 heterocycles. The third-order valence-corrected chi connectivity index (χ3v) is 2.94. The third-order valence-electron chi connectivity index (χ3n) is 2.59. The highest BCUT2D eigenvalue weighted by Gasteiger charge is 2.03. The van der Waals surface area contributed by atoms with Crippen molar-refractivity contribution in [1.29, 1.82) is 5.26 Å². The molecule has 1 N–H and O–H groups in total. The van der Waals surface area contributed by atoms with Crippen LogP contribution in [0.4, 0.5) is 0 Å². The molecule has 0 bridgehead atoms. The fourth-order valence-electron chi connectivity index (χ4n) is 1.63. The molecule has 6 heteroatoms. The average Bonchev–Trinajstić information content (AvgIpc) is 2.82. The van der Waals surface area contributed by atoms with Crippen molar-refractivity contribution in [2.45, 2.75) is 19.9 Å². The number of nitriles is 1. The van der Waals surface area contributed by atoms with Gasteiger partial charge in [-0.25, -0.2) is 0 Å². The first-order valence-electron chi connectivity index (χ1n) is 5.87. The second kappa shape index (κ2) is 6.32. The zero-order valence-electron chi connectivity index (χ0n) is 10.5. The monoisotopic (exact) mass is 276 g/mol. The Morgan fingerprint density at radius 2 is 2.32 bits per heavy atom. The van der Waals surface area contributed by atoms with E-state index in [1.54, 1.807) is 19.1 Å². The molecule has 5 nitrogen and oxygen atoms in total. The van der Waals surface area contributed by atoms with Crippen LogP contribution in [0.5, 0.6) is 0 Å². The highest BCUT2D eigenvalue weighted by atomic mass is 35.5. The average molecular weight is 277 g/mol. The third kappa shape index (κ3) is 3.78. The SMILES string of the molecule is Cc1nc(CCNCc2ccc(C#N)cc2Cl)no1. The number of halogens is 1. The van der Waals surface area contributed by atoms with Crippen LogP contribution in [-0.4, -0.2) is 16.7 Å². The quantitative estimate of drug-likeness (QED) is 0.848. The van der Waals surface area contributed by atoms with Gasteiger partial charge in [0.2, 0.25) is 5.89 Å². The van der Waals surface area contributed by atoms with Crippen molar-refractivity contribution in [2.24, 2.45) is 0 Å². The largest absolute Gasteiger partial charge is 0.340 e. The van der Waals surface area contributed by atoms with Crippen LogP contribution in [0.15, 0.2) is 22.7 Å². The second-order valence-electron chi connectivity index (χ2n) is 4.07. The highest BCUT2D eigenvalue weighted by Crippen LogP contribution is 2.17. The number of nitrogens with zero attached hydrogens (tertiary/aromatic N) is 3. The van der Waals surface area contributed by atoms with Gasteiger partial charge >= 0.3 is 0 Å². The van der Waals surface area contributed by atoms with Crippen molar-refractivity contribution in [3.8, 4) is 6.07 Å². The Bertz CT molecular complexity index is 603. The zero-order valence-corrected chi connectivity index (χ0v) is 11.2. The van der Waals surface area contributed by atoms with Crippen molar-refractivity contribution < 1.29 is 4.52 Å². The molecule has 98 valence electrons. The van der Waals surface area contributed by atoms with E-state index in [4.69, 9.17) is 21.4 Å².